The van der Waals surface area contributed by atoms with E-state index in [0.717, 1.165) is 18.5 Å². The fraction of sp³-hybridized carbons (Fsp3) is 0.533. The summed E-state index contributed by atoms with van der Waals surface area (Å²) in [6, 6.07) is 8.14. The molecule has 3 nitrogen and oxygen atoms in total. The number of nitrogens with zero attached hydrogens (tertiary/aromatic N) is 1. The van der Waals surface area contributed by atoms with Gasteiger partial charge < -0.3 is 10.6 Å². The minimum atomic E-state index is 0.0563. The molecule has 1 heterocycles. The fourth-order valence-electron chi connectivity index (χ4n) is 2.42. The third kappa shape index (κ3) is 2.72. The number of carbonyl (C=O) groups is 1. The summed E-state index contributed by atoms with van der Waals surface area (Å²) in [5, 5.41) is 0. The lowest BCUT2D eigenvalue weighted by atomic mass is 9.97. The summed E-state index contributed by atoms with van der Waals surface area (Å²) in [4.78, 5) is 14.2. The van der Waals surface area contributed by atoms with Gasteiger partial charge in [0, 0.05) is 24.7 Å². The summed E-state index contributed by atoms with van der Waals surface area (Å²) >= 11 is 0. The molecule has 2 N–H and O–H groups in total. The first kappa shape index (κ1) is 13.1. The number of amides is 1. The Balaban J connectivity index is 2.20. The third-order valence-corrected chi connectivity index (χ3v) is 3.70. The van der Waals surface area contributed by atoms with Gasteiger partial charge in [-0.15, -0.1) is 0 Å². The van der Waals surface area contributed by atoms with Gasteiger partial charge in [-0.2, -0.15) is 0 Å². The van der Waals surface area contributed by atoms with Crippen molar-refractivity contribution in [3.63, 3.8) is 0 Å². The van der Waals surface area contributed by atoms with E-state index in [1.165, 1.54) is 5.56 Å². The number of rotatable bonds is 3. The maximum absolute atomic E-state index is 12.3. The highest BCUT2D eigenvalue weighted by molar-refractivity contribution is 5.94. The first-order valence-corrected chi connectivity index (χ1v) is 6.75. The van der Waals surface area contributed by atoms with E-state index in [1.54, 1.807) is 0 Å². The molecular formula is C15H22N2O. The van der Waals surface area contributed by atoms with Crippen LogP contribution in [0.3, 0.4) is 0 Å². The zero-order valence-electron chi connectivity index (χ0n) is 11.2. The average Bonchev–Trinajstić information content (AvgIpc) is 2.37. The summed E-state index contributed by atoms with van der Waals surface area (Å²) in [6.45, 7) is 4.88. The van der Waals surface area contributed by atoms with Crippen LogP contribution in [0.2, 0.25) is 0 Å². The van der Waals surface area contributed by atoms with E-state index < -0.39 is 0 Å². The lowest BCUT2D eigenvalue weighted by Gasteiger charge is -2.33. The van der Waals surface area contributed by atoms with Gasteiger partial charge in [0.2, 0.25) is 5.91 Å². The Morgan fingerprint density at radius 3 is 2.94 bits per heavy atom. The largest absolute Gasteiger partial charge is 0.326 e. The molecule has 1 aromatic rings. The predicted molar refractivity (Wildman–Crippen MR) is 74.5 cm³/mol. The van der Waals surface area contributed by atoms with Gasteiger partial charge in [-0.1, -0.05) is 38.5 Å². The summed E-state index contributed by atoms with van der Waals surface area (Å²) < 4.78 is 0. The second kappa shape index (κ2) is 5.53. The van der Waals surface area contributed by atoms with E-state index in [4.69, 9.17) is 5.73 Å². The highest BCUT2D eigenvalue weighted by Crippen LogP contribution is 2.27. The number of nitrogens with two attached hydrogens (primary N) is 1. The van der Waals surface area contributed by atoms with E-state index in [2.05, 4.69) is 19.9 Å². The molecule has 0 aliphatic carbocycles. The minimum Gasteiger partial charge on any atom is -0.326 e. The van der Waals surface area contributed by atoms with Gasteiger partial charge in [-0.25, -0.2) is 0 Å². The maximum Gasteiger partial charge on any atom is 0.227 e. The molecule has 18 heavy (non-hydrogen) atoms. The first-order chi connectivity index (χ1) is 8.61. The van der Waals surface area contributed by atoms with Gasteiger partial charge in [-0.3, -0.25) is 4.79 Å². The number of anilines is 1. The van der Waals surface area contributed by atoms with Crippen LogP contribution in [0, 0.1) is 5.92 Å². The van der Waals surface area contributed by atoms with Crippen molar-refractivity contribution in [2.45, 2.75) is 39.2 Å². The molecule has 0 spiro atoms. The van der Waals surface area contributed by atoms with E-state index in [1.807, 2.05) is 23.1 Å². The quantitative estimate of drug-likeness (QED) is 0.889. The zero-order valence-corrected chi connectivity index (χ0v) is 11.2. The zero-order chi connectivity index (χ0) is 13.1. The Bertz CT molecular complexity index is 430. The van der Waals surface area contributed by atoms with Crippen LogP contribution in [0.25, 0.3) is 0 Å². The van der Waals surface area contributed by atoms with E-state index in [9.17, 15) is 4.79 Å². The van der Waals surface area contributed by atoms with Gasteiger partial charge in [0.15, 0.2) is 0 Å². The van der Waals surface area contributed by atoms with Crippen LogP contribution in [0.1, 0.15) is 32.3 Å². The molecule has 98 valence electrons. The van der Waals surface area contributed by atoms with Crippen LogP contribution in [0.15, 0.2) is 24.3 Å². The van der Waals surface area contributed by atoms with Gasteiger partial charge in [-0.05, 0) is 24.0 Å². The maximum atomic E-state index is 12.3. The number of benzene rings is 1. The molecule has 1 amide bonds. The molecule has 2 atom stereocenters. The average molecular weight is 246 g/mol. The van der Waals surface area contributed by atoms with Crippen LogP contribution in [0.5, 0.6) is 0 Å². The monoisotopic (exact) mass is 246 g/mol. The second-order valence-corrected chi connectivity index (χ2v) is 5.31. The van der Waals surface area contributed by atoms with Gasteiger partial charge >= 0.3 is 0 Å². The highest BCUT2D eigenvalue weighted by atomic mass is 16.2. The van der Waals surface area contributed by atoms with Gasteiger partial charge in [0.25, 0.3) is 0 Å². The highest BCUT2D eigenvalue weighted by Gasteiger charge is 2.26. The molecule has 0 radical (unpaired) electrons. The Labute approximate surface area is 109 Å². The molecule has 0 saturated carbocycles. The SMILES string of the molecule is CCC(C)CC(=O)N1CC(N)Cc2ccccc21. The normalized spacial score (nSPS) is 20.4. The molecule has 0 saturated heterocycles. The van der Waals surface area contributed by atoms with Crippen LogP contribution >= 0.6 is 0 Å². The van der Waals surface area contributed by atoms with Crippen molar-refractivity contribution in [3.8, 4) is 0 Å². The molecule has 1 aliphatic rings. The van der Waals surface area contributed by atoms with E-state index in [-0.39, 0.29) is 11.9 Å². The van der Waals surface area contributed by atoms with Crippen LogP contribution in [0.4, 0.5) is 5.69 Å². The number of hydrogen-bond donors (Lipinski definition) is 1. The third-order valence-electron chi connectivity index (χ3n) is 3.70. The Kier molecular flexibility index (Phi) is 4.02. The van der Waals surface area contributed by atoms with Crippen LogP contribution < -0.4 is 10.6 Å². The fourth-order valence-corrected chi connectivity index (χ4v) is 2.42. The van der Waals surface area contributed by atoms with Crippen molar-refractivity contribution in [2.24, 2.45) is 11.7 Å². The number of para-hydroxylation sites is 1. The van der Waals surface area contributed by atoms with Crippen molar-refractivity contribution < 1.29 is 4.79 Å². The Hall–Kier alpha value is -1.35. The summed E-state index contributed by atoms with van der Waals surface area (Å²) in [5.41, 5.74) is 8.28. The number of hydrogen-bond acceptors (Lipinski definition) is 2. The van der Waals surface area contributed by atoms with Crippen molar-refractivity contribution in [3.05, 3.63) is 29.8 Å². The Morgan fingerprint density at radius 1 is 1.50 bits per heavy atom. The molecule has 2 rings (SSSR count). The topological polar surface area (TPSA) is 46.3 Å². The molecule has 1 aliphatic heterocycles. The summed E-state index contributed by atoms with van der Waals surface area (Å²) in [6.07, 6.45) is 2.51. The second-order valence-electron chi connectivity index (χ2n) is 5.31. The van der Waals surface area contributed by atoms with E-state index in [0.29, 0.717) is 18.9 Å². The molecule has 3 heteroatoms. The number of carbonyl (C=O) groups excluding carboxylic acids is 1. The summed E-state index contributed by atoms with van der Waals surface area (Å²) in [7, 11) is 0. The lowest BCUT2D eigenvalue weighted by molar-refractivity contribution is -0.119. The van der Waals surface area contributed by atoms with Crippen molar-refractivity contribution in [1.29, 1.82) is 0 Å². The Morgan fingerprint density at radius 2 is 2.22 bits per heavy atom. The summed E-state index contributed by atoms with van der Waals surface area (Å²) in [5.74, 6) is 0.634. The molecule has 0 aromatic heterocycles. The van der Waals surface area contributed by atoms with Crippen molar-refractivity contribution >= 4 is 11.6 Å². The van der Waals surface area contributed by atoms with Crippen LogP contribution in [-0.2, 0) is 11.2 Å². The van der Waals surface area contributed by atoms with Gasteiger partial charge in [0.1, 0.15) is 0 Å². The molecule has 0 fully saturated rings. The van der Waals surface area contributed by atoms with Crippen LogP contribution in [-0.4, -0.2) is 18.5 Å². The molecular weight excluding hydrogens is 224 g/mol. The van der Waals surface area contributed by atoms with E-state index >= 15 is 0 Å². The van der Waals surface area contributed by atoms with Crippen molar-refractivity contribution in [1.82, 2.24) is 0 Å². The standard InChI is InChI=1S/C15H22N2O/c1-3-11(2)8-15(18)17-10-13(16)9-12-6-4-5-7-14(12)17/h4-7,11,13H,3,8-10,16H2,1-2H3. The minimum absolute atomic E-state index is 0.0563. The van der Waals surface area contributed by atoms with Crippen molar-refractivity contribution in [2.75, 3.05) is 11.4 Å². The lowest BCUT2D eigenvalue weighted by Crippen LogP contribution is -2.46. The molecule has 2 unspecified atom stereocenters. The molecule has 1 aromatic carbocycles. The number of fused-ring (bicyclic) bond motifs is 1. The van der Waals surface area contributed by atoms with Gasteiger partial charge in [0.05, 0.1) is 0 Å². The predicted octanol–water partition coefficient (Wildman–Crippen LogP) is 2.34. The first-order valence-electron chi connectivity index (χ1n) is 6.75. The molecule has 0 bridgehead atoms. The smallest absolute Gasteiger partial charge is 0.227 e.